The number of ether oxygens (including phenoxy) is 1. The molecule has 0 aliphatic carbocycles. The summed E-state index contributed by atoms with van der Waals surface area (Å²) in [4.78, 5) is 21.3. The zero-order chi connectivity index (χ0) is 28.7. The smallest absolute Gasteiger partial charge is 0.396 e. The molecule has 40 heavy (non-hydrogen) atoms. The van der Waals surface area contributed by atoms with E-state index in [1.165, 1.54) is 33.9 Å². The molecule has 5 N–H and O–H groups in total. The first-order chi connectivity index (χ1) is 19.3. The van der Waals surface area contributed by atoms with Crippen LogP contribution in [-0.4, -0.2) is 68.1 Å². The predicted octanol–water partition coefficient (Wildman–Crippen LogP) is 3.01. The number of hydrogen-bond acceptors (Lipinski definition) is 8. The van der Waals surface area contributed by atoms with E-state index in [4.69, 9.17) is 15.6 Å². The number of nitrogens with one attached hydrogen (secondary N) is 2. The number of hydrogen-bond donors (Lipinski definition) is 4. The highest BCUT2D eigenvalue weighted by Crippen LogP contribution is 2.37. The zero-order valence-electron chi connectivity index (χ0n) is 21.9. The van der Waals surface area contributed by atoms with Gasteiger partial charge in [-0.15, -0.1) is 0 Å². The number of rotatable bonds is 13. The standard InChI is InChI=1S/C26H31F3N8O3/c1-2-17-14-18(4-5-19(17)25(39)32-8-13-40-12-6-30)34-23-24-33-15-21(37(24)10-7-31-23)20-16-36(9-3-11-38)35-22(20)26(27,28)29/h4-5,7,10,14-16,38H,2-3,6,8-9,11-13,30H2,1H3,(H,31,34)(H,32,39). The molecule has 4 aromatic rings. The number of anilines is 2. The highest BCUT2D eigenvalue weighted by Gasteiger charge is 2.38. The molecule has 4 rings (SSSR count). The summed E-state index contributed by atoms with van der Waals surface area (Å²) >= 11 is 0. The highest BCUT2D eigenvalue weighted by atomic mass is 19.4. The Morgan fingerprint density at radius 3 is 2.77 bits per heavy atom. The summed E-state index contributed by atoms with van der Waals surface area (Å²) in [5.41, 5.74) is 6.68. The summed E-state index contributed by atoms with van der Waals surface area (Å²) in [5, 5.41) is 18.8. The number of aromatic nitrogens is 5. The van der Waals surface area contributed by atoms with Crippen LogP contribution in [0.2, 0.25) is 0 Å². The van der Waals surface area contributed by atoms with E-state index < -0.39 is 11.9 Å². The minimum Gasteiger partial charge on any atom is -0.396 e. The van der Waals surface area contributed by atoms with E-state index in [0.717, 1.165) is 5.56 Å². The third-order valence-corrected chi connectivity index (χ3v) is 6.07. The number of alkyl halides is 3. The second kappa shape index (κ2) is 12.9. The van der Waals surface area contributed by atoms with Gasteiger partial charge in [-0.2, -0.15) is 18.3 Å². The van der Waals surface area contributed by atoms with Crippen molar-refractivity contribution in [2.75, 3.05) is 38.2 Å². The molecule has 0 radical (unpaired) electrons. The van der Waals surface area contributed by atoms with E-state index in [1.54, 1.807) is 12.1 Å². The summed E-state index contributed by atoms with van der Waals surface area (Å²) in [6.07, 6.45) is 1.81. The molecular weight excluding hydrogens is 529 g/mol. The molecule has 0 atom stereocenters. The second-order valence-corrected chi connectivity index (χ2v) is 8.85. The van der Waals surface area contributed by atoms with Crippen molar-refractivity contribution in [1.82, 2.24) is 29.5 Å². The topological polar surface area (TPSA) is 145 Å². The lowest BCUT2D eigenvalue weighted by atomic mass is 10.0. The number of carbonyl (C=O) groups excluding carboxylic acids is 1. The van der Waals surface area contributed by atoms with Gasteiger partial charge in [-0.25, -0.2) is 9.97 Å². The lowest BCUT2D eigenvalue weighted by Gasteiger charge is -2.13. The highest BCUT2D eigenvalue weighted by molar-refractivity contribution is 5.96. The van der Waals surface area contributed by atoms with Crippen molar-refractivity contribution in [3.8, 4) is 11.3 Å². The molecule has 214 valence electrons. The number of halogens is 3. The van der Waals surface area contributed by atoms with Gasteiger partial charge in [-0.1, -0.05) is 6.92 Å². The predicted molar refractivity (Wildman–Crippen MR) is 142 cm³/mol. The van der Waals surface area contributed by atoms with Crippen molar-refractivity contribution >= 4 is 23.1 Å². The third-order valence-electron chi connectivity index (χ3n) is 6.07. The normalized spacial score (nSPS) is 11.8. The summed E-state index contributed by atoms with van der Waals surface area (Å²) in [7, 11) is 0. The Hall–Kier alpha value is -4.01. The summed E-state index contributed by atoms with van der Waals surface area (Å²) < 4.78 is 49.4. The van der Waals surface area contributed by atoms with Crippen LogP contribution in [0.5, 0.6) is 0 Å². The fourth-order valence-electron chi connectivity index (χ4n) is 4.21. The first-order valence-electron chi connectivity index (χ1n) is 12.8. The van der Waals surface area contributed by atoms with Crippen LogP contribution in [0.4, 0.5) is 24.7 Å². The van der Waals surface area contributed by atoms with Crippen molar-refractivity contribution in [3.63, 3.8) is 0 Å². The molecular formula is C26H31F3N8O3. The van der Waals surface area contributed by atoms with E-state index in [0.29, 0.717) is 55.4 Å². The van der Waals surface area contributed by atoms with Crippen LogP contribution in [0.1, 0.15) is 35.0 Å². The molecule has 0 saturated carbocycles. The SMILES string of the molecule is CCc1cc(Nc2nccn3c(-c4cn(CCCO)nc4C(F)(F)F)cnc23)ccc1C(=O)NCCOCCN. The maximum absolute atomic E-state index is 13.8. The van der Waals surface area contributed by atoms with E-state index in [9.17, 15) is 18.0 Å². The van der Waals surface area contributed by atoms with Crippen molar-refractivity contribution in [2.45, 2.75) is 32.5 Å². The molecule has 0 aliphatic heterocycles. The monoisotopic (exact) mass is 560 g/mol. The van der Waals surface area contributed by atoms with Gasteiger partial charge in [0, 0.05) is 56.1 Å². The van der Waals surface area contributed by atoms with Crippen LogP contribution < -0.4 is 16.4 Å². The summed E-state index contributed by atoms with van der Waals surface area (Å²) in [6.45, 7) is 3.46. The number of nitrogens with zero attached hydrogens (tertiary/aromatic N) is 5. The Labute approximate surface area is 228 Å². The number of amides is 1. The minimum atomic E-state index is -4.68. The van der Waals surface area contributed by atoms with Gasteiger partial charge in [0.1, 0.15) is 0 Å². The Bertz CT molecular complexity index is 1450. The quantitative estimate of drug-likeness (QED) is 0.183. The van der Waals surface area contributed by atoms with Crippen LogP contribution in [0, 0.1) is 0 Å². The molecule has 0 fully saturated rings. The molecule has 3 aromatic heterocycles. The van der Waals surface area contributed by atoms with E-state index >= 15 is 0 Å². The molecule has 0 spiro atoms. The fraction of sp³-hybridized carbons (Fsp3) is 0.385. The number of aryl methyl sites for hydroxylation is 2. The van der Waals surface area contributed by atoms with Gasteiger partial charge in [0.15, 0.2) is 17.2 Å². The molecule has 0 bridgehead atoms. The third kappa shape index (κ3) is 6.58. The van der Waals surface area contributed by atoms with E-state index in [-0.39, 0.29) is 36.7 Å². The zero-order valence-corrected chi connectivity index (χ0v) is 21.9. The number of fused-ring (bicyclic) bond motifs is 1. The molecule has 11 nitrogen and oxygen atoms in total. The van der Waals surface area contributed by atoms with Gasteiger partial charge in [-0.05, 0) is 36.6 Å². The Morgan fingerprint density at radius 1 is 1.23 bits per heavy atom. The molecule has 0 saturated heterocycles. The van der Waals surface area contributed by atoms with Gasteiger partial charge in [-0.3, -0.25) is 13.9 Å². The summed E-state index contributed by atoms with van der Waals surface area (Å²) in [5.74, 6) is 0.101. The van der Waals surface area contributed by atoms with Gasteiger partial charge in [0.05, 0.1) is 30.7 Å². The maximum Gasteiger partial charge on any atom is 0.435 e. The van der Waals surface area contributed by atoms with Crippen molar-refractivity contribution in [2.24, 2.45) is 5.73 Å². The Balaban J connectivity index is 1.59. The van der Waals surface area contributed by atoms with Crippen LogP contribution in [-0.2, 0) is 23.9 Å². The Kier molecular flexibility index (Phi) is 9.34. The molecule has 1 amide bonds. The summed E-state index contributed by atoms with van der Waals surface area (Å²) in [6, 6.07) is 5.24. The average molecular weight is 561 g/mol. The molecule has 14 heteroatoms. The number of aliphatic hydroxyl groups excluding tert-OH is 1. The second-order valence-electron chi connectivity index (χ2n) is 8.85. The van der Waals surface area contributed by atoms with Gasteiger partial charge >= 0.3 is 6.18 Å². The Morgan fingerprint density at radius 2 is 2.05 bits per heavy atom. The number of benzene rings is 1. The van der Waals surface area contributed by atoms with Gasteiger partial charge < -0.3 is 26.2 Å². The molecule has 1 aromatic carbocycles. The van der Waals surface area contributed by atoms with Crippen molar-refractivity contribution in [3.05, 3.63) is 59.8 Å². The first-order valence-corrected chi connectivity index (χ1v) is 12.8. The minimum absolute atomic E-state index is 0.132. The fourth-order valence-corrected chi connectivity index (χ4v) is 4.21. The first kappa shape index (κ1) is 29.0. The number of carbonyl (C=O) groups is 1. The number of aliphatic hydroxyl groups is 1. The maximum atomic E-state index is 13.8. The van der Waals surface area contributed by atoms with E-state index in [2.05, 4.69) is 25.7 Å². The van der Waals surface area contributed by atoms with Gasteiger partial charge in [0.2, 0.25) is 0 Å². The number of imidazole rings is 1. The molecule has 3 heterocycles. The lowest BCUT2D eigenvalue weighted by molar-refractivity contribution is -0.141. The van der Waals surface area contributed by atoms with Gasteiger partial charge in [0.25, 0.3) is 5.91 Å². The van der Waals surface area contributed by atoms with Crippen LogP contribution in [0.25, 0.3) is 16.9 Å². The lowest BCUT2D eigenvalue weighted by Crippen LogP contribution is -2.28. The van der Waals surface area contributed by atoms with Crippen molar-refractivity contribution < 1.29 is 27.8 Å². The average Bonchev–Trinajstić information content (AvgIpc) is 3.56. The van der Waals surface area contributed by atoms with Crippen LogP contribution >= 0.6 is 0 Å². The van der Waals surface area contributed by atoms with Crippen LogP contribution in [0.15, 0.2) is 43.0 Å². The molecule has 0 unspecified atom stereocenters. The molecule has 0 aliphatic rings. The van der Waals surface area contributed by atoms with Crippen molar-refractivity contribution in [1.29, 1.82) is 0 Å². The number of nitrogens with two attached hydrogens (primary N) is 1. The van der Waals surface area contributed by atoms with Crippen LogP contribution in [0.3, 0.4) is 0 Å². The van der Waals surface area contributed by atoms with E-state index in [1.807, 2.05) is 13.0 Å². The largest absolute Gasteiger partial charge is 0.435 e.